The van der Waals surface area contributed by atoms with Crippen molar-refractivity contribution in [2.24, 2.45) is 16.5 Å². The third kappa shape index (κ3) is 10.2. The zero-order valence-electron chi connectivity index (χ0n) is 12.7. The average molecular weight is 319 g/mol. The Morgan fingerprint density at radius 3 is 2.41 bits per heavy atom. The summed E-state index contributed by atoms with van der Waals surface area (Å²) in [5, 5.41) is 11.2. The average Bonchev–Trinajstić information content (AvgIpc) is 2.29. The Morgan fingerprint density at radius 1 is 1.36 bits per heavy atom. The quantitative estimate of drug-likeness (QED) is 0.188. The van der Waals surface area contributed by atoms with Crippen LogP contribution in [0.25, 0.3) is 0 Å². The molecule has 0 saturated heterocycles. The van der Waals surface area contributed by atoms with E-state index in [4.69, 9.17) is 16.2 Å². The molecule has 5 N–H and O–H groups in total. The maximum Gasteiger partial charge on any atom is 0.408 e. The van der Waals surface area contributed by atoms with E-state index < -0.39 is 28.8 Å². The Morgan fingerprint density at radius 2 is 1.95 bits per heavy atom. The van der Waals surface area contributed by atoms with Crippen LogP contribution >= 0.6 is 0 Å². The number of aliphatic imine (C=N–C) groups is 1. The molecule has 0 bridgehead atoms. The third-order valence-corrected chi connectivity index (χ3v) is 2.09. The lowest BCUT2D eigenvalue weighted by atomic mass is 10.1. The van der Waals surface area contributed by atoms with Crippen molar-refractivity contribution < 1.29 is 24.3 Å². The van der Waals surface area contributed by atoms with Crippen molar-refractivity contribution in [1.82, 2.24) is 5.32 Å². The summed E-state index contributed by atoms with van der Waals surface area (Å²) in [5.74, 6) is -1.33. The number of nitrogens with two attached hydrogens (primary N) is 2. The van der Waals surface area contributed by atoms with Crippen LogP contribution in [0.2, 0.25) is 0 Å². The van der Waals surface area contributed by atoms with Crippen molar-refractivity contribution in [2.45, 2.75) is 45.3 Å². The number of rotatable bonds is 7. The molecule has 1 atom stereocenters. The number of carbonyl (C=O) groups is 2. The first-order valence-corrected chi connectivity index (χ1v) is 6.42. The van der Waals surface area contributed by atoms with Gasteiger partial charge in [-0.1, -0.05) is 0 Å². The summed E-state index contributed by atoms with van der Waals surface area (Å²) in [4.78, 5) is 40.9. The van der Waals surface area contributed by atoms with Gasteiger partial charge in [-0.05, 0) is 33.6 Å². The maximum absolute atomic E-state index is 11.6. The Kier molecular flexibility index (Phi) is 7.63. The van der Waals surface area contributed by atoms with Gasteiger partial charge in [0, 0.05) is 6.54 Å². The molecule has 0 spiro atoms. The van der Waals surface area contributed by atoms with Crippen LogP contribution in [0, 0.1) is 10.1 Å². The Hall–Kier alpha value is -2.59. The molecule has 0 aromatic heterocycles. The van der Waals surface area contributed by atoms with Crippen molar-refractivity contribution in [1.29, 1.82) is 0 Å². The highest BCUT2D eigenvalue weighted by atomic mass is 17.0. The van der Waals surface area contributed by atoms with Gasteiger partial charge in [0.05, 0.1) is 0 Å². The molecule has 0 aromatic rings. The summed E-state index contributed by atoms with van der Waals surface area (Å²) < 4.78 is 4.97. The second kappa shape index (κ2) is 8.64. The van der Waals surface area contributed by atoms with Crippen LogP contribution in [0.4, 0.5) is 4.79 Å². The molecular weight excluding hydrogens is 298 g/mol. The Labute approximate surface area is 127 Å². The number of hydrogen-bond donors (Lipinski definition) is 3. The normalized spacial score (nSPS) is 12.0. The van der Waals surface area contributed by atoms with E-state index in [0.29, 0.717) is 6.42 Å². The van der Waals surface area contributed by atoms with Crippen LogP contribution in [0.15, 0.2) is 4.99 Å². The molecule has 0 aromatic carbocycles. The maximum atomic E-state index is 11.6. The molecule has 0 aliphatic carbocycles. The van der Waals surface area contributed by atoms with Gasteiger partial charge >= 0.3 is 17.1 Å². The number of alkyl carbamates (subject to hydrolysis) is 1. The number of nitrogens with zero attached hydrogens (tertiary/aromatic N) is 2. The van der Waals surface area contributed by atoms with E-state index in [1.165, 1.54) is 0 Å². The largest absolute Gasteiger partial charge is 0.444 e. The third-order valence-electron chi connectivity index (χ3n) is 2.09. The molecule has 0 aliphatic heterocycles. The fraction of sp³-hybridized carbons (Fsp3) is 0.727. The number of guanidine groups is 1. The smallest absolute Gasteiger partial charge is 0.408 e. The van der Waals surface area contributed by atoms with Crippen molar-refractivity contribution >= 4 is 18.0 Å². The Bertz CT molecular complexity index is 441. The second-order valence-electron chi connectivity index (χ2n) is 5.28. The summed E-state index contributed by atoms with van der Waals surface area (Å²) in [6.45, 7) is 5.10. The monoisotopic (exact) mass is 319 g/mol. The first-order valence-electron chi connectivity index (χ1n) is 6.42. The number of nitrogens with one attached hydrogen (secondary N) is 1. The van der Waals surface area contributed by atoms with Crippen LogP contribution < -0.4 is 16.8 Å². The molecule has 22 heavy (non-hydrogen) atoms. The van der Waals surface area contributed by atoms with Crippen LogP contribution in [0.1, 0.15) is 33.6 Å². The molecule has 1 amide bonds. The molecule has 0 heterocycles. The van der Waals surface area contributed by atoms with E-state index in [0.717, 1.165) is 0 Å². The molecule has 11 nitrogen and oxygen atoms in total. The molecule has 0 radical (unpaired) electrons. The van der Waals surface area contributed by atoms with E-state index in [-0.39, 0.29) is 18.9 Å². The molecule has 11 heteroatoms. The van der Waals surface area contributed by atoms with Crippen molar-refractivity contribution in [3.05, 3.63) is 10.1 Å². The van der Waals surface area contributed by atoms with Crippen molar-refractivity contribution in [3.63, 3.8) is 0 Å². The summed E-state index contributed by atoms with van der Waals surface area (Å²) >= 11 is 0. The lowest BCUT2D eigenvalue weighted by molar-refractivity contribution is -0.730. The number of hydrogen-bond acceptors (Lipinski definition) is 7. The van der Waals surface area contributed by atoms with E-state index in [1.54, 1.807) is 20.8 Å². The van der Waals surface area contributed by atoms with Gasteiger partial charge in [-0.15, -0.1) is 10.1 Å². The number of carbonyl (C=O) groups excluding carboxylic acids is 2. The predicted molar refractivity (Wildman–Crippen MR) is 76.2 cm³/mol. The highest BCUT2D eigenvalue weighted by molar-refractivity contribution is 5.81. The highest BCUT2D eigenvalue weighted by Crippen LogP contribution is 2.08. The van der Waals surface area contributed by atoms with Crippen LogP contribution in [0.3, 0.4) is 0 Å². The lowest BCUT2D eigenvalue weighted by Crippen LogP contribution is -2.44. The minimum absolute atomic E-state index is 0.0443. The van der Waals surface area contributed by atoms with Crippen LogP contribution in [-0.2, 0) is 14.4 Å². The Balaban J connectivity index is 4.64. The van der Waals surface area contributed by atoms with Crippen molar-refractivity contribution in [2.75, 3.05) is 6.54 Å². The standard InChI is InChI=1S/C11H21N5O6/c1-11(2,3)21-10(18)15-7(8(17)22-16(19)20)5-4-6-14-9(12)13/h7H,4-6H2,1-3H3,(H,15,18)(H4,12,13,14)/t7-/m0/s1. The van der Waals surface area contributed by atoms with E-state index in [9.17, 15) is 19.7 Å². The zero-order valence-corrected chi connectivity index (χ0v) is 12.7. The predicted octanol–water partition coefficient (Wildman–Crippen LogP) is -0.332. The van der Waals surface area contributed by atoms with E-state index >= 15 is 0 Å². The van der Waals surface area contributed by atoms with E-state index in [2.05, 4.69) is 15.1 Å². The summed E-state index contributed by atoms with van der Waals surface area (Å²) in [7, 11) is 0. The van der Waals surface area contributed by atoms with E-state index in [1.807, 2.05) is 0 Å². The SMILES string of the molecule is CC(C)(C)OC(=O)N[C@@H](CCCN=C(N)N)C(=O)O[N+](=O)[O-]. The molecule has 126 valence electrons. The second-order valence-corrected chi connectivity index (χ2v) is 5.28. The molecule has 0 aliphatic rings. The topological polar surface area (TPSA) is 172 Å². The number of ether oxygens (including phenoxy) is 1. The molecule has 0 rings (SSSR count). The first-order chi connectivity index (χ1) is 10.0. The zero-order chi connectivity index (χ0) is 17.3. The van der Waals surface area contributed by atoms with Gasteiger partial charge < -0.3 is 21.5 Å². The van der Waals surface area contributed by atoms with Gasteiger partial charge in [0.2, 0.25) is 0 Å². The molecule has 0 saturated carbocycles. The fourth-order valence-corrected chi connectivity index (χ4v) is 1.34. The highest BCUT2D eigenvalue weighted by Gasteiger charge is 2.26. The first kappa shape index (κ1) is 19.4. The summed E-state index contributed by atoms with van der Waals surface area (Å²) in [5.41, 5.74) is 9.51. The summed E-state index contributed by atoms with van der Waals surface area (Å²) in [6.07, 6.45) is -0.548. The summed E-state index contributed by atoms with van der Waals surface area (Å²) in [6, 6.07) is -1.24. The minimum atomic E-state index is -1.25. The van der Waals surface area contributed by atoms with Crippen molar-refractivity contribution in [3.8, 4) is 0 Å². The van der Waals surface area contributed by atoms with Gasteiger partial charge in [-0.2, -0.15) is 0 Å². The lowest BCUT2D eigenvalue weighted by Gasteiger charge is -2.22. The number of amides is 1. The van der Waals surface area contributed by atoms with Crippen LogP contribution in [0.5, 0.6) is 0 Å². The van der Waals surface area contributed by atoms with Gasteiger partial charge in [-0.25, -0.2) is 9.63 Å². The van der Waals surface area contributed by atoms with Gasteiger partial charge in [-0.3, -0.25) is 9.79 Å². The molecular formula is C11H21N5O6. The van der Waals surface area contributed by atoms with Crippen LogP contribution in [-0.4, -0.2) is 41.3 Å². The minimum Gasteiger partial charge on any atom is -0.444 e. The van der Waals surface area contributed by atoms with Gasteiger partial charge in [0.1, 0.15) is 11.6 Å². The van der Waals surface area contributed by atoms with Gasteiger partial charge in [0.15, 0.2) is 5.96 Å². The molecule has 0 fully saturated rings. The fourth-order valence-electron chi connectivity index (χ4n) is 1.34. The molecule has 0 unspecified atom stereocenters. The van der Waals surface area contributed by atoms with Gasteiger partial charge in [0.25, 0.3) is 0 Å².